The summed E-state index contributed by atoms with van der Waals surface area (Å²) >= 11 is 0. The highest BCUT2D eigenvalue weighted by Gasteiger charge is 2.21. The number of pyridine rings is 1. The molecule has 2 aromatic rings. The third-order valence-electron chi connectivity index (χ3n) is 5.69. The van der Waals surface area contributed by atoms with Crippen molar-refractivity contribution in [2.24, 2.45) is 0 Å². The highest BCUT2D eigenvalue weighted by atomic mass is 16.5. The summed E-state index contributed by atoms with van der Waals surface area (Å²) in [5.74, 6) is 1.18. The molecule has 2 fully saturated rings. The number of esters is 1. The summed E-state index contributed by atoms with van der Waals surface area (Å²) in [6, 6.07) is 4.34. The van der Waals surface area contributed by atoms with Crippen LogP contribution in [0.1, 0.15) is 62.2 Å². The second-order valence-corrected chi connectivity index (χ2v) is 7.88. The fourth-order valence-electron chi connectivity index (χ4n) is 4.09. The third kappa shape index (κ3) is 4.98. The monoisotopic (exact) mass is 410 g/mol. The van der Waals surface area contributed by atoms with Crippen molar-refractivity contribution in [3.8, 4) is 0 Å². The highest BCUT2D eigenvalue weighted by Crippen LogP contribution is 2.25. The van der Waals surface area contributed by atoms with E-state index in [1.807, 2.05) is 12.3 Å². The van der Waals surface area contributed by atoms with Crippen molar-refractivity contribution in [2.75, 3.05) is 35.2 Å². The number of aromatic nitrogens is 3. The molecule has 2 aromatic heterocycles. The molecular weight excluding hydrogens is 380 g/mol. The van der Waals surface area contributed by atoms with Gasteiger partial charge >= 0.3 is 5.97 Å². The van der Waals surface area contributed by atoms with Gasteiger partial charge in [-0.15, -0.1) is 0 Å². The Labute approximate surface area is 177 Å². The topological polar surface area (TPSA) is 92.3 Å². The average molecular weight is 411 g/mol. The van der Waals surface area contributed by atoms with Crippen molar-refractivity contribution in [1.82, 2.24) is 15.0 Å². The summed E-state index contributed by atoms with van der Waals surface area (Å²) < 4.78 is 5.17. The van der Waals surface area contributed by atoms with Gasteiger partial charge in [0.05, 0.1) is 18.5 Å². The number of rotatable bonds is 7. The zero-order chi connectivity index (χ0) is 20.8. The van der Waals surface area contributed by atoms with E-state index in [0.29, 0.717) is 35.8 Å². The number of carbonyl (C=O) groups excluding carboxylic acids is 1. The normalized spacial score (nSPS) is 17.0. The van der Waals surface area contributed by atoms with Crippen LogP contribution < -0.4 is 15.5 Å². The lowest BCUT2D eigenvalue weighted by molar-refractivity contribution is 0.0526. The van der Waals surface area contributed by atoms with Gasteiger partial charge in [0, 0.05) is 25.3 Å². The molecule has 160 valence electrons. The molecule has 2 aliphatic rings. The van der Waals surface area contributed by atoms with Crippen molar-refractivity contribution in [1.29, 1.82) is 0 Å². The number of anilines is 4. The number of hydrogen-bond donors (Lipinski definition) is 2. The Hall–Kier alpha value is -2.90. The summed E-state index contributed by atoms with van der Waals surface area (Å²) in [7, 11) is 0. The van der Waals surface area contributed by atoms with Crippen molar-refractivity contribution in [2.45, 2.75) is 57.9 Å². The Bertz CT molecular complexity index is 845. The van der Waals surface area contributed by atoms with Gasteiger partial charge in [-0.3, -0.25) is 0 Å². The average Bonchev–Trinajstić information content (AvgIpc) is 3.28. The summed E-state index contributed by atoms with van der Waals surface area (Å²) in [4.78, 5) is 28.1. The Morgan fingerprint density at radius 2 is 1.90 bits per heavy atom. The number of ether oxygens (including phenoxy) is 1. The molecule has 1 aliphatic heterocycles. The molecule has 30 heavy (non-hydrogen) atoms. The maximum Gasteiger partial charge on any atom is 0.343 e. The van der Waals surface area contributed by atoms with Gasteiger partial charge in [0.15, 0.2) is 0 Å². The first kappa shape index (κ1) is 20.4. The fourth-order valence-corrected chi connectivity index (χ4v) is 4.09. The van der Waals surface area contributed by atoms with Crippen LogP contribution in [0, 0.1) is 0 Å². The molecule has 1 aliphatic carbocycles. The largest absolute Gasteiger partial charge is 0.462 e. The first-order valence-corrected chi connectivity index (χ1v) is 11.0. The minimum absolute atomic E-state index is 0.314. The molecule has 8 heteroatoms. The number of carbonyl (C=O) groups is 1. The van der Waals surface area contributed by atoms with Crippen molar-refractivity contribution in [3.63, 3.8) is 0 Å². The lowest BCUT2D eigenvalue weighted by Gasteiger charge is -2.28. The predicted molar refractivity (Wildman–Crippen MR) is 117 cm³/mol. The smallest absolute Gasteiger partial charge is 0.343 e. The molecule has 0 amide bonds. The van der Waals surface area contributed by atoms with Crippen molar-refractivity contribution in [3.05, 3.63) is 30.1 Å². The van der Waals surface area contributed by atoms with E-state index in [1.54, 1.807) is 6.92 Å². The number of piperidine rings is 1. The van der Waals surface area contributed by atoms with E-state index in [9.17, 15) is 4.79 Å². The molecule has 0 aromatic carbocycles. The van der Waals surface area contributed by atoms with E-state index in [4.69, 9.17) is 4.74 Å². The Kier molecular flexibility index (Phi) is 6.61. The van der Waals surface area contributed by atoms with Gasteiger partial charge in [-0.25, -0.2) is 14.8 Å². The second-order valence-electron chi connectivity index (χ2n) is 7.88. The maximum atomic E-state index is 12.3. The third-order valence-corrected chi connectivity index (χ3v) is 5.69. The first-order chi connectivity index (χ1) is 14.7. The molecule has 8 nitrogen and oxygen atoms in total. The Morgan fingerprint density at radius 1 is 1.10 bits per heavy atom. The summed E-state index contributed by atoms with van der Waals surface area (Å²) in [5, 5.41) is 6.56. The van der Waals surface area contributed by atoms with Crippen LogP contribution in [-0.2, 0) is 4.74 Å². The van der Waals surface area contributed by atoms with E-state index in [2.05, 4.69) is 36.6 Å². The molecule has 0 atom stereocenters. The highest BCUT2D eigenvalue weighted by molar-refractivity contribution is 5.94. The molecule has 1 saturated carbocycles. The SMILES string of the molecule is CCOC(=O)c1cnc(Nc2ccc(N3CCCCC3)cn2)nc1NC1CCCC1. The van der Waals surface area contributed by atoms with Crippen molar-refractivity contribution < 1.29 is 9.53 Å². The van der Waals surface area contributed by atoms with Gasteiger partial charge < -0.3 is 20.3 Å². The molecule has 4 rings (SSSR count). The number of nitrogens with zero attached hydrogens (tertiary/aromatic N) is 4. The van der Waals surface area contributed by atoms with Gasteiger partial charge in [0.25, 0.3) is 0 Å². The predicted octanol–water partition coefficient (Wildman–Crippen LogP) is 4.14. The molecule has 0 unspecified atom stereocenters. The zero-order valence-corrected chi connectivity index (χ0v) is 17.6. The fraction of sp³-hybridized carbons (Fsp3) is 0.545. The van der Waals surface area contributed by atoms with Gasteiger partial charge in [-0.1, -0.05) is 12.8 Å². The molecule has 3 heterocycles. The van der Waals surface area contributed by atoms with Crippen LogP contribution in [0.3, 0.4) is 0 Å². The van der Waals surface area contributed by atoms with Crippen LogP contribution in [-0.4, -0.2) is 46.7 Å². The minimum atomic E-state index is -0.409. The Balaban J connectivity index is 1.49. The molecule has 0 bridgehead atoms. The summed E-state index contributed by atoms with van der Waals surface area (Å²) in [6.45, 7) is 4.28. The van der Waals surface area contributed by atoms with E-state index in [-0.39, 0.29) is 0 Å². The Morgan fingerprint density at radius 3 is 2.60 bits per heavy atom. The van der Waals surface area contributed by atoms with E-state index >= 15 is 0 Å². The van der Waals surface area contributed by atoms with Crippen molar-refractivity contribution >= 4 is 29.2 Å². The lowest BCUT2D eigenvalue weighted by Crippen LogP contribution is -2.29. The summed E-state index contributed by atoms with van der Waals surface area (Å²) in [5.41, 5.74) is 1.50. The zero-order valence-electron chi connectivity index (χ0n) is 17.6. The molecule has 0 radical (unpaired) electrons. The molecule has 2 N–H and O–H groups in total. The van der Waals surface area contributed by atoms with Gasteiger partial charge in [0.1, 0.15) is 17.2 Å². The molecular formula is C22H30N6O2. The molecule has 0 spiro atoms. The summed E-state index contributed by atoms with van der Waals surface area (Å²) in [6.07, 6.45) is 11.7. The quantitative estimate of drug-likeness (QED) is 0.658. The minimum Gasteiger partial charge on any atom is -0.462 e. The standard InChI is InChI=1S/C22H30N6O2/c1-2-30-21(29)18-15-24-22(27-20(18)25-16-8-4-5-9-16)26-19-11-10-17(14-23-19)28-12-6-3-7-13-28/h10-11,14-16H,2-9,12-13H2,1H3,(H2,23,24,25,26,27). The van der Waals surface area contributed by atoms with Gasteiger partial charge in [0.2, 0.25) is 5.95 Å². The van der Waals surface area contributed by atoms with E-state index in [1.165, 1.54) is 38.3 Å². The van der Waals surface area contributed by atoms with Gasteiger partial charge in [-0.05, 0) is 51.2 Å². The first-order valence-electron chi connectivity index (χ1n) is 11.0. The second kappa shape index (κ2) is 9.73. The van der Waals surface area contributed by atoms with Crippen LogP contribution >= 0.6 is 0 Å². The molecule has 1 saturated heterocycles. The van der Waals surface area contributed by atoms with E-state index in [0.717, 1.165) is 31.6 Å². The van der Waals surface area contributed by atoms with Crippen LogP contribution in [0.5, 0.6) is 0 Å². The van der Waals surface area contributed by atoms with Gasteiger partial charge in [-0.2, -0.15) is 4.98 Å². The lowest BCUT2D eigenvalue weighted by atomic mass is 10.1. The number of hydrogen-bond acceptors (Lipinski definition) is 8. The van der Waals surface area contributed by atoms with Crippen LogP contribution in [0.4, 0.5) is 23.3 Å². The van der Waals surface area contributed by atoms with E-state index < -0.39 is 5.97 Å². The number of nitrogens with one attached hydrogen (secondary N) is 2. The maximum absolute atomic E-state index is 12.3. The van der Waals surface area contributed by atoms with Crippen LogP contribution in [0.25, 0.3) is 0 Å². The van der Waals surface area contributed by atoms with Crippen LogP contribution in [0.15, 0.2) is 24.5 Å². The van der Waals surface area contributed by atoms with Crippen LogP contribution in [0.2, 0.25) is 0 Å².